The number of benzene rings is 4. The highest BCUT2D eigenvalue weighted by Crippen LogP contribution is 2.54. The first kappa shape index (κ1) is 37.1. The molecule has 0 radical (unpaired) electrons. The number of halogens is 6. The number of ether oxygens (including phenoxy) is 5. The molecule has 0 aromatic heterocycles. The number of esters is 1. The molecule has 6 nitrogen and oxygen atoms in total. The van der Waals surface area contributed by atoms with Gasteiger partial charge < -0.3 is 23.7 Å². The molecule has 12 heteroatoms. The Kier molecular flexibility index (Phi) is 12.2. The third-order valence-corrected chi connectivity index (χ3v) is 7.80. The Labute approximate surface area is 280 Å². The first-order valence-electron chi connectivity index (χ1n) is 15.3. The molecule has 4 aromatic rings. The smallest absolute Gasteiger partial charge is 0.430 e. The number of hydrogen-bond donors (Lipinski definition) is 0. The fourth-order valence-electron chi connectivity index (χ4n) is 5.13. The number of alkyl halides is 6. The number of hydrogen-bond acceptors (Lipinski definition) is 6. The first-order valence-corrected chi connectivity index (χ1v) is 15.3. The van der Waals surface area contributed by atoms with E-state index in [1.165, 1.54) is 45.4 Å². The van der Waals surface area contributed by atoms with Crippen molar-refractivity contribution in [3.8, 4) is 17.2 Å². The molecule has 1 unspecified atom stereocenters. The SMILES string of the molecule is COC(=O)CCc1ccc(OCC(Cc2ccccc2)Oc2ccc(C(OCc3ccc(OC)cc3)(C(F)(F)F)C(F)(F)F)cc2C)cc1. The fraction of sp³-hybridized carbons (Fsp3) is 0.324. The predicted molar refractivity (Wildman–Crippen MR) is 170 cm³/mol. The summed E-state index contributed by atoms with van der Waals surface area (Å²) in [6, 6.07) is 24.4. The third-order valence-electron chi connectivity index (χ3n) is 7.80. The van der Waals surface area contributed by atoms with Gasteiger partial charge in [-0.1, -0.05) is 60.7 Å². The Morgan fingerprint density at radius 3 is 1.92 bits per heavy atom. The van der Waals surface area contributed by atoms with Gasteiger partial charge >= 0.3 is 18.3 Å². The average molecular weight is 691 g/mol. The van der Waals surface area contributed by atoms with Crippen molar-refractivity contribution in [2.45, 2.75) is 56.9 Å². The van der Waals surface area contributed by atoms with Crippen molar-refractivity contribution in [3.05, 3.63) is 125 Å². The van der Waals surface area contributed by atoms with Crippen molar-refractivity contribution < 1.29 is 54.8 Å². The summed E-state index contributed by atoms with van der Waals surface area (Å²) in [5.41, 5.74) is -3.84. The van der Waals surface area contributed by atoms with E-state index in [1.54, 1.807) is 24.3 Å². The van der Waals surface area contributed by atoms with E-state index in [-0.39, 0.29) is 35.9 Å². The van der Waals surface area contributed by atoms with Crippen LogP contribution in [-0.4, -0.2) is 45.3 Å². The van der Waals surface area contributed by atoms with Crippen molar-refractivity contribution >= 4 is 5.97 Å². The van der Waals surface area contributed by atoms with Crippen LogP contribution in [0.5, 0.6) is 17.2 Å². The molecule has 0 aliphatic heterocycles. The molecule has 49 heavy (non-hydrogen) atoms. The van der Waals surface area contributed by atoms with E-state index in [2.05, 4.69) is 4.74 Å². The second-order valence-electron chi connectivity index (χ2n) is 11.3. The van der Waals surface area contributed by atoms with Crippen molar-refractivity contribution in [3.63, 3.8) is 0 Å². The lowest BCUT2D eigenvalue weighted by Gasteiger charge is -2.37. The summed E-state index contributed by atoms with van der Waals surface area (Å²) in [6.07, 6.45) is -11.3. The molecule has 0 amide bonds. The number of carbonyl (C=O) groups excluding carboxylic acids is 1. The van der Waals surface area contributed by atoms with E-state index in [9.17, 15) is 31.1 Å². The van der Waals surface area contributed by atoms with Crippen molar-refractivity contribution in [2.24, 2.45) is 0 Å². The molecule has 0 aliphatic carbocycles. The van der Waals surface area contributed by atoms with Crippen LogP contribution in [0.15, 0.2) is 97.1 Å². The molecule has 0 N–H and O–H groups in total. The van der Waals surface area contributed by atoms with E-state index in [0.717, 1.165) is 29.3 Å². The number of methoxy groups -OCH3 is 2. The zero-order chi connectivity index (χ0) is 35.7. The Balaban J connectivity index is 1.57. The van der Waals surface area contributed by atoms with Gasteiger partial charge in [-0.3, -0.25) is 4.79 Å². The Morgan fingerprint density at radius 1 is 0.735 bits per heavy atom. The lowest BCUT2D eigenvalue weighted by molar-refractivity contribution is -0.392. The monoisotopic (exact) mass is 690 g/mol. The van der Waals surface area contributed by atoms with E-state index in [4.69, 9.17) is 18.9 Å². The molecule has 0 saturated carbocycles. The zero-order valence-electron chi connectivity index (χ0n) is 27.1. The molecule has 1 atom stereocenters. The van der Waals surface area contributed by atoms with Gasteiger partial charge in [-0.05, 0) is 72.0 Å². The van der Waals surface area contributed by atoms with E-state index in [1.807, 2.05) is 30.3 Å². The van der Waals surface area contributed by atoms with E-state index in [0.29, 0.717) is 24.3 Å². The highest BCUT2D eigenvalue weighted by atomic mass is 19.4. The molecular weight excluding hydrogens is 654 g/mol. The maximum absolute atomic E-state index is 14.5. The van der Waals surface area contributed by atoms with Crippen LogP contribution >= 0.6 is 0 Å². The molecule has 4 rings (SSSR count). The van der Waals surface area contributed by atoms with Crippen LogP contribution < -0.4 is 14.2 Å². The van der Waals surface area contributed by atoms with Crippen LogP contribution in [-0.2, 0) is 39.3 Å². The van der Waals surface area contributed by atoms with Crippen LogP contribution in [0.3, 0.4) is 0 Å². The molecule has 0 aliphatic rings. The highest BCUT2D eigenvalue weighted by molar-refractivity contribution is 5.69. The van der Waals surface area contributed by atoms with Gasteiger partial charge in [0.25, 0.3) is 5.60 Å². The maximum Gasteiger partial charge on any atom is 0.430 e. The minimum atomic E-state index is -5.86. The van der Waals surface area contributed by atoms with Gasteiger partial charge in [0.1, 0.15) is 30.0 Å². The molecule has 262 valence electrons. The lowest BCUT2D eigenvalue weighted by atomic mass is 9.90. The van der Waals surface area contributed by atoms with Gasteiger partial charge in [-0.15, -0.1) is 0 Å². The van der Waals surface area contributed by atoms with Crippen molar-refractivity contribution in [1.82, 2.24) is 0 Å². The quantitative estimate of drug-likeness (QED) is 0.0919. The van der Waals surface area contributed by atoms with Gasteiger partial charge in [0, 0.05) is 18.4 Å². The van der Waals surface area contributed by atoms with Crippen molar-refractivity contribution in [1.29, 1.82) is 0 Å². The molecule has 0 spiro atoms. The van der Waals surface area contributed by atoms with Gasteiger partial charge in [-0.25, -0.2) is 0 Å². The van der Waals surface area contributed by atoms with Crippen molar-refractivity contribution in [2.75, 3.05) is 20.8 Å². The highest BCUT2D eigenvalue weighted by Gasteiger charge is 2.73. The third kappa shape index (κ3) is 9.47. The number of rotatable bonds is 15. The molecule has 0 bridgehead atoms. The topological polar surface area (TPSA) is 63.2 Å². The predicted octanol–water partition coefficient (Wildman–Crippen LogP) is 8.72. The largest absolute Gasteiger partial charge is 0.497 e. The summed E-state index contributed by atoms with van der Waals surface area (Å²) in [5, 5.41) is 0. The fourth-order valence-corrected chi connectivity index (χ4v) is 5.13. The Bertz CT molecular complexity index is 1620. The minimum absolute atomic E-state index is 0.0115. The van der Waals surface area contributed by atoms with E-state index < -0.39 is 36.2 Å². The van der Waals surface area contributed by atoms with Crippen LogP contribution in [0.4, 0.5) is 26.3 Å². The van der Waals surface area contributed by atoms with Crippen LogP contribution in [0.25, 0.3) is 0 Å². The summed E-state index contributed by atoms with van der Waals surface area (Å²) in [7, 11) is 2.70. The second kappa shape index (κ2) is 16.1. The second-order valence-corrected chi connectivity index (χ2v) is 11.3. The summed E-state index contributed by atoms with van der Waals surface area (Å²) in [4.78, 5) is 11.4. The van der Waals surface area contributed by atoms with Gasteiger partial charge in [0.15, 0.2) is 0 Å². The molecular formula is C37H36F6O6. The zero-order valence-corrected chi connectivity index (χ0v) is 27.1. The summed E-state index contributed by atoms with van der Waals surface area (Å²) >= 11 is 0. The lowest BCUT2D eigenvalue weighted by Crippen LogP contribution is -2.55. The molecule has 0 fully saturated rings. The normalized spacial score (nSPS) is 12.7. The average Bonchev–Trinajstić information content (AvgIpc) is 3.07. The minimum Gasteiger partial charge on any atom is -0.497 e. The standard InChI is InChI=1S/C37H36F6O6/c1-25-21-29(35(36(38,39)40,37(41,42)43)48-23-28-11-15-30(45-2)16-12-28)14-19-33(25)49-32(22-27-7-5-4-6-8-27)24-47-31-17-9-26(10-18-31)13-20-34(44)46-3/h4-12,14-19,21,32H,13,20,22-24H2,1-3H3. The van der Waals surface area contributed by atoms with Crippen LogP contribution in [0.1, 0.15) is 34.2 Å². The van der Waals surface area contributed by atoms with Gasteiger partial charge in [0.2, 0.25) is 0 Å². The molecule has 0 saturated heterocycles. The summed E-state index contributed by atoms with van der Waals surface area (Å²) in [6.45, 7) is 0.411. The number of carbonyl (C=O) groups is 1. The Hall–Kier alpha value is -4.71. The Morgan fingerprint density at radius 2 is 1.35 bits per heavy atom. The molecule has 0 heterocycles. The van der Waals surface area contributed by atoms with Crippen LogP contribution in [0.2, 0.25) is 0 Å². The van der Waals surface area contributed by atoms with E-state index >= 15 is 0 Å². The summed E-state index contributed by atoms with van der Waals surface area (Å²) in [5.74, 6) is 0.645. The summed E-state index contributed by atoms with van der Waals surface area (Å²) < 4.78 is 114. The maximum atomic E-state index is 14.5. The number of aryl methyl sites for hydroxylation is 2. The van der Waals surface area contributed by atoms with Crippen LogP contribution in [0, 0.1) is 6.92 Å². The van der Waals surface area contributed by atoms with Gasteiger partial charge in [-0.2, -0.15) is 26.3 Å². The first-order chi connectivity index (χ1) is 23.3. The van der Waals surface area contributed by atoms with Gasteiger partial charge in [0.05, 0.1) is 20.8 Å². The molecule has 4 aromatic carbocycles.